The van der Waals surface area contributed by atoms with E-state index in [1.807, 2.05) is 13.0 Å². The number of fused-ring (bicyclic) bond motifs is 1. The first kappa shape index (κ1) is 29.0. The van der Waals surface area contributed by atoms with Gasteiger partial charge in [0, 0.05) is 34.8 Å². The largest absolute Gasteiger partial charge is 0.489 e. The van der Waals surface area contributed by atoms with Crippen molar-refractivity contribution < 1.29 is 27.1 Å². The van der Waals surface area contributed by atoms with Gasteiger partial charge in [0.15, 0.2) is 0 Å². The van der Waals surface area contributed by atoms with Crippen LogP contribution in [0.5, 0.6) is 5.75 Å². The van der Waals surface area contributed by atoms with Gasteiger partial charge in [-0.1, -0.05) is 54.1 Å². The number of nitrogens with zero attached hydrogens (tertiary/aromatic N) is 1. The zero-order valence-corrected chi connectivity index (χ0v) is 24.2. The number of carbonyl (C=O) groups excluding carboxylic acids is 1. The molecular formula is C33H31FN2O5S. The minimum Gasteiger partial charge on any atom is -0.489 e. The Balaban J connectivity index is 1.62. The van der Waals surface area contributed by atoms with Crippen molar-refractivity contribution in [1.82, 2.24) is 3.97 Å². The fourth-order valence-electron chi connectivity index (χ4n) is 4.88. The van der Waals surface area contributed by atoms with Crippen LogP contribution in [-0.2, 0) is 39.1 Å². The first-order valence-electron chi connectivity index (χ1n) is 13.5. The number of hydrogen-bond acceptors (Lipinski definition) is 6. The second kappa shape index (κ2) is 12.2. The number of hydrogen-bond donors (Lipinski definition) is 1. The third-order valence-corrected chi connectivity index (χ3v) is 8.71. The smallest absolute Gasteiger partial charge is 0.310 e. The number of aryl methyl sites for hydroxylation is 1. The molecule has 4 aromatic carbocycles. The zero-order valence-electron chi connectivity index (χ0n) is 23.3. The minimum absolute atomic E-state index is 0.0195. The molecule has 0 saturated heterocycles. The molecule has 5 aromatic rings. The van der Waals surface area contributed by atoms with E-state index in [-0.39, 0.29) is 37.0 Å². The van der Waals surface area contributed by atoms with Gasteiger partial charge in [0.05, 0.1) is 23.4 Å². The summed E-state index contributed by atoms with van der Waals surface area (Å²) in [5.74, 6) is -0.342. The zero-order chi connectivity index (χ0) is 29.9. The third kappa shape index (κ3) is 5.79. The molecule has 2 N–H and O–H groups in total. The van der Waals surface area contributed by atoms with Gasteiger partial charge in [-0.05, 0) is 61.4 Å². The van der Waals surface area contributed by atoms with Gasteiger partial charge >= 0.3 is 5.97 Å². The van der Waals surface area contributed by atoms with Crippen LogP contribution in [0.2, 0.25) is 0 Å². The number of rotatable bonds is 10. The summed E-state index contributed by atoms with van der Waals surface area (Å²) in [5, 5.41) is 0.560. The van der Waals surface area contributed by atoms with Crippen molar-refractivity contribution in [2.45, 2.75) is 38.3 Å². The molecule has 0 aliphatic heterocycles. The van der Waals surface area contributed by atoms with E-state index in [0.29, 0.717) is 44.5 Å². The fraction of sp³-hybridized carbons (Fsp3) is 0.182. The molecule has 0 radical (unpaired) electrons. The number of aromatic nitrogens is 1. The topological polar surface area (TPSA) is 101 Å². The highest BCUT2D eigenvalue weighted by atomic mass is 32.2. The molecule has 9 heteroatoms. The van der Waals surface area contributed by atoms with Crippen LogP contribution in [0, 0.1) is 12.7 Å². The number of carbonyl (C=O) groups is 1. The molecule has 0 unspecified atom stereocenters. The molecule has 42 heavy (non-hydrogen) atoms. The first-order chi connectivity index (χ1) is 20.2. The van der Waals surface area contributed by atoms with Crippen LogP contribution >= 0.6 is 0 Å². The maximum absolute atomic E-state index is 15.6. The predicted molar refractivity (Wildman–Crippen MR) is 160 cm³/mol. The van der Waals surface area contributed by atoms with Crippen LogP contribution < -0.4 is 10.5 Å². The Morgan fingerprint density at radius 1 is 0.929 bits per heavy atom. The summed E-state index contributed by atoms with van der Waals surface area (Å²) in [6, 6.07) is 23.9. The minimum atomic E-state index is -3.96. The van der Waals surface area contributed by atoms with Crippen molar-refractivity contribution in [3.05, 3.63) is 119 Å². The first-order valence-corrected chi connectivity index (χ1v) is 15.0. The lowest BCUT2D eigenvalue weighted by molar-refractivity contribution is -0.142. The fourth-order valence-corrected chi connectivity index (χ4v) is 6.22. The van der Waals surface area contributed by atoms with Crippen molar-refractivity contribution in [1.29, 1.82) is 0 Å². The quantitative estimate of drug-likeness (QED) is 0.198. The molecule has 1 aromatic heterocycles. The van der Waals surface area contributed by atoms with Crippen LogP contribution in [0.4, 0.5) is 4.39 Å². The highest BCUT2D eigenvalue weighted by molar-refractivity contribution is 7.90. The summed E-state index contributed by atoms with van der Waals surface area (Å²) >= 11 is 0. The molecule has 5 rings (SSSR count). The van der Waals surface area contributed by atoms with E-state index in [1.54, 1.807) is 85.8 Å². The molecular weight excluding hydrogens is 555 g/mol. The van der Waals surface area contributed by atoms with Gasteiger partial charge in [-0.25, -0.2) is 16.8 Å². The van der Waals surface area contributed by atoms with Gasteiger partial charge in [0.25, 0.3) is 10.0 Å². The van der Waals surface area contributed by atoms with Crippen LogP contribution in [-0.4, -0.2) is 25.0 Å². The van der Waals surface area contributed by atoms with Crippen molar-refractivity contribution in [2.24, 2.45) is 5.73 Å². The van der Waals surface area contributed by atoms with Crippen molar-refractivity contribution in [3.63, 3.8) is 0 Å². The lowest BCUT2D eigenvalue weighted by Gasteiger charge is -2.15. The van der Waals surface area contributed by atoms with Gasteiger partial charge in [0.2, 0.25) is 0 Å². The van der Waals surface area contributed by atoms with Gasteiger partial charge in [-0.2, -0.15) is 0 Å². The molecule has 0 aliphatic rings. The van der Waals surface area contributed by atoms with E-state index >= 15 is 4.39 Å². The van der Waals surface area contributed by atoms with Crippen LogP contribution in [0.25, 0.3) is 22.0 Å². The lowest BCUT2D eigenvalue weighted by atomic mass is 9.97. The Kier molecular flexibility index (Phi) is 8.42. The summed E-state index contributed by atoms with van der Waals surface area (Å²) in [6.45, 7) is 3.96. The Bertz CT molecular complexity index is 1860. The van der Waals surface area contributed by atoms with E-state index in [1.165, 1.54) is 10.2 Å². The Morgan fingerprint density at radius 3 is 2.40 bits per heavy atom. The average Bonchev–Trinajstić information content (AvgIpc) is 3.42. The number of halogens is 1. The Labute approximate surface area is 244 Å². The summed E-state index contributed by atoms with van der Waals surface area (Å²) in [6.07, 6.45) is 1.52. The monoisotopic (exact) mass is 586 g/mol. The van der Waals surface area contributed by atoms with E-state index in [2.05, 4.69) is 0 Å². The van der Waals surface area contributed by atoms with E-state index in [9.17, 15) is 13.2 Å². The standard InChI is InChI=1S/C33H31FN2O5S/c1-3-40-32(37)19-24-7-4-5-10-31(24)41-21-23-17-29(28-9-6-8-25(20-35)33(28)34)27-15-16-36(30(27)18-23)42(38,39)26-13-11-22(2)12-14-26/h4-18H,3,19-21,35H2,1-2H3. The van der Waals surface area contributed by atoms with E-state index in [4.69, 9.17) is 15.2 Å². The molecule has 0 saturated carbocycles. The second-order valence-corrected chi connectivity index (χ2v) is 11.7. The van der Waals surface area contributed by atoms with Crippen LogP contribution in [0.3, 0.4) is 0 Å². The molecule has 0 bridgehead atoms. The van der Waals surface area contributed by atoms with Gasteiger partial charge < -0.3 is 15.2 Å². The highest BCUT2D eigenvalue weighted by Gasteiger charge is 2.22. The molecule has 7 nitrogen and oxygen atoms in total. The highest BCUT2D eigenvalue weighted by Crippen LogP contribution is 2.35. The lowest BCUT2D eigenvalue weighted by Crippen LogP contribution is -2.12. The average molecular weight is 587 g/mol. The van der Waals surface area contributed by atoms with Gasteiger partial charge in [0.1, 0.15) is 18.2 Å². The summed E-state index contributed by atoms with van der Waals surface area (Å²) in [7, 11) is -3.96. The van der Waals surface area contributed by atoms with E-state index in [0.717, 1.165) is 5.56 Å². The molecule has 0 aliphatic carbocycles. The number of para-hydroxylation sites is 1. The van der Waals surface area contributed by atoms with Crippen molar-refractivity contribution in [3.8, 4) is 16.9 Å². The number of esters is 1. The summed E-state index contributed by atoms with van der Waals surface area (Å²) < 4.78 is 55.4. The molecule has 0 fully saturated rings. The number of ether oxygens (including phenoxy) is 2. The van der Waals surface area contributed by atoms with Crippen LogP contribution in [0.1, 0.15) is 29.2 Å². The Hall–Kier alpha value is -4.47. The maximum atomic E-state index is 15.6. The van der Waals surface area contributed by atoms with Gasteiger partial charge in [-0.3, -0.25) is 4.79 Å². The van der Waals surface area contributed by atoms with E-state index < -0.39 is 15.8 Å². The normalized spacial score (nSPS) is 11.5. The van der Waals surface area contributed by atoms with Crippen LogP contribution in [0.15, 0.2) is 96.0 Å². The molecule has 0 amide bonds. The molecule has 0 spiro atoms. The Morgan fingerprint density at radius 2 is 1.67 bits per heavy atom. The van der Waals surface area contributed by atoms with Crippen molar-refractivity contribution in [2.75, 3.05) is 6.61 Å². The summed E-state index contributed by atoms with van der Waals surface area (Å²) in [5.41, 5.74) is 9.53. The number of nitrogens with two attached hydrogens (primary N) is 1. The molecule has 216 valence electrons. The number of benzene rings is 4. The van der Waals surface area contributed by atoms with Gasteiger partial charge in [-0.15, -0.1) is 0 Å². The van der Waals surface area contributed by atoms with Crippen molar-refractivity contribution >= 4 is 26.9 Å². The maximum Gasteiger partial charge on any atom is 0.310 e. The molecule has 1 heterocycles. The predicted octanol–water partition coefficient (Wildman–Crippen LogP) is 6.14. The second-order valence-electron chi connectivity index (χ2n) is 9.87. The third-order valence-electron chi connectivity index (χ3n) is 7.01. The summed E-state index contributed by atoms with van der Waals surface area (Å²) in [4.78, 5) is 12.3. The SMILES string of the molecule is CCOC(=O)Cc1ccccc1OCc1cc(-c2cccc(CN)c2F)c2ccn(S(=O)(=O)c3ccc(C)cc3)c2c1. The molecule has 0 atom stereocenters.